The molecule has 0 aromatic rings. The summed E-state index contributed by atoms with van der Waals surface area (Å²) in [5, 5.41) is 5.11. The Bertz CT molecular complexity index is 278. The highest BCUT2D eigenvalue weighted by Gasteiger charge is 2.17. The summed E-state index contributed by atoms with van der Waals surface area (Å²) < 4.78 is 0. The first kappa shape index (κ1) is 11.5. The molecule has 15 heavy (non-hydrogen) atoms. The van der Waals surface area contributed by atoms with E-state index in [1.807, 2.05) is 0 Å². The lowest BCUT2D eigenvalue weighted by Crippen LogP contribution is -2.41. The van der Waals surface area contributed by atoms with Gasteiger partial charge in [-0.15, -0.1) is 0 Å². The predicted molar refractivity (Wildman–Crippen MR) is 52.9 cm³/mol. The fourth-order valence-electron chi connectivity index (χ4n) is 1.33. The molecule has 1 fully saturated rings. The summed E-state index contributed by atoms with van der Waals surface area (Å²) in [7, 11) is 0. The number of nitrogens with zero attached hydrogens (tertiary/aromatic N) is 1. The van der Waals surface area contributed by atoms with Crippen molar-refractivity contribution < 1.29 is 14.4 Å². The minimum atomic E-state index is -0.229. The summed E-state index contributed by atoms with van der Waals surface area (Å²) in [5.74, 6) is -0.418. The molecule has 1 heterocycles. The normalized spacial score (nSPS) is 16.6. The maximum Gasteiger partial charge on any atom is 0.242 e. The Morgan fingerprint density at radius 3 is 2.87 bits per heavy atom. The van der Waals surface area contributed by atoms with Crippen molar-refractivity contribution in [3.05, 3.63) is 0 Å². The van der Waals surface area contributed by atoms with Gasteiger partial charge in [0.1, 0.15) is 0 Å². The van der Waals surface area contributed by atoms with Crippen molar-refractivity contribution in [1.29, 1.82) is 0 Å². The SMILES string of the molecule is CC(=O)NCC(=O)N1CCNC(=O)CC1. The summed E-state index contributed by atoms with van der Waals surface area (Å²) >= 11 is 0. The number of amides is 3. The average Bonchev–Trinajstić information content (AvgIpc) is 2.39. The molecule has 1 saturated heterocycles. The second-order valence-corrected chi connectivity index (χ2v) is 3.39. The molecule has 0 saturated carbocycles. The van der Waals surface area contributed by atoms with E-state index in [1.165, 1.54) is 6.92 Å². The van der Waals surface area contributed by atoms with Gasteiger partial charge < -0.3 is 15.5 Å². The van der Waals surface area contributed by atoms with Crippen molar-refractivity contribution in [1.82, 2.24) is 15.5 Å². The van der Waals surface area contributed by atoms with Crippen LogP contribution in [0.15, 0.2) is 0 Å². The third kappa shape index (κ3) is 3.97. The molecule has 2 N–H and O–H groups in total. The quantitative estimate of drug-likeness (QED) is 0.584. The molecule has 1 aliphatic rings. The zero-order valence-corrected chi connectivity index (χ0v) is 8.71. The van der Waals surface area contributed by atoms with E-state index in [1.54, 1.807) is 4.90 Å². The van der Waals surface area contributed by atoms with Gasteiger partial charge in [-0.25, -0.2) is 0 Å². The molecule has 84 valence electrons. The van der Waals surface area contributed by atoms with E-state index in [2.05, 4.69) is 10.6 Å². The van der Waals surface area contributed by atoms with Crippen molar-refractivity contribution >= 4 is 17.7 Å². The van der Waals surface area contributed by atoms with Gasteiger partial charge in [-0.1, -0.05) is 0 Å². The van der Waals surface area contributed by atoms with E-state index in [-0.39, 0.29) is 24.3 Å². The Kier molecular flexibility index (Phi) is 4.08. The Morgan fingerprint density at radius 2 is 2.20 bits per heavy atom. The van der Waals surface area contributed by atoms with Crippen LogP contribution in [0.25, 0.3) is 0 Å². The van der Waals surface area contributed by atoms with E-state index in [4.69, 9.17) is 0 Å². The van der Waals surface area contributed by atoms with Crippen LogP contribution in [0.4, 0.5) is 0 Å². The first-order valence-electron chi connectivity index (χ1n) is 4.88. The van der Waals surface area contributed by atoms with Crippen LogP contribution in [0.2, 0.25) is 0 Å². The smallest absolute Gasteiger partial charge is 0.242 e. The second-order valence-electron chi connectivity index (χ2n) is 3.39. The third-order valence-corrected chi connectivity index (χ3v) is 2.15. The van der Waals surface area contributed by atoms with Crippen LogP contribution < -0.4 is 10.6 Å². The van der Waals surface area contributed by atoms with E-state index in [9.17, 15) is 14.4 Å². The number of carbonyl (C=O) groups excluding carboxylic acids is 3. The summed E-state index contributed by atoms with van der Waals surface area (Å²) in [6, 6.07) is 0. The van der Waals surface area contributed by atoms with Crippen molar-refractivity contribution in [3.8, 4) is 0 Å². The summed E-state index contributed by atoms with van der Waals surface area (Å²) in [4.78, 5) is 34.7. The Labute approximate surface area is 88.0 Å². The predicted octanol–water partition coefficient (Wildman–Crippen LogP) is -1.53. The molecule has 6 heteroatoms. The first-order valence-corrected chi connectivity index (χ1v) is 4.88. The number of nitrogens with one attached hydrogen (secondary N) is 2. The van der Waals surface area contributed by atoms with Gasteiger partial charge in [0, 0.05) is 33.0 Å². The minimum Gasteiger partial charge on any atom is -0.354 e. The van der Waals surface area contributed by atoms with Gasteiger partial charge in [0.25, 0.3) is 0 Å². The molecule has 0 bridgehead atoms. The van der Waals surface area contributed by atoms with E-state index < -0.39 is 0 Å². The van der Waals surface area contributed by atoms with Gasteiger partial charge in [-0.2, -0.15) is 0 Å². The zero-order chi connectivity index (χ0) is 11.3. The molecule has 0 aromatic carbocycles. The lowest BCUT2D eigenvalue weighted by Gasteiger charge is -2.19. The van der Waals surface area contributed by atoms with Crippen molar-refractivity contribution in [2.45, 2.75) is 13.3 Å². The number of hydrogen-bond donors (Lipinski definition) is 2. The molecule has 0 radical (unpaired) electrons. The van der Waals surface area contributed by atoms with Gasteiger partial charge in [0.15, 0.2) is 0 Å². The molecule has 1 aliphatic heterocycles. The second kappa shape index (κ2) is 5.33. The maximum absolute atomic E-state index is 11.5. The van der Waals surface area contributed by atoms with Crippen LogP contribution in [0.1, 0.15) is 13.3 Å². The monoisotopic (exact) mass is 213 g/mol. The van der Waals surface area contributed by atoms with Gasteiger partial charge in [-0.3, -0.25) is 14.4 Å². The molecular weight excluding hydrogens is 198 g/mol. The van der Waals surface area contributed by atoms with E-state index >= 15 is 0 Å². The Hall–Kier alpha value is -1.59. The van der Waals surface area contributed by atoms with E-state index in [0.29, 0.717) is 26.1 Å². The van der Waals surface area contributed by atoms with Gasteiger partial charge in [0.05, 0.1) is 6.54 Å². The topological polar surface area (TPSA) is 78.5 Å². The summed E-state index contributed by atoms with van der Waals surface area (Å²) in [6.07, 6.45) is 0.325. The lowest BCUT2D eigenvalue weighted by atomic mass is 10.3. The molecule has 0 aliphatic carbocycles. The van der Waals surface area contributed by atoms with Gasteiger partial charge in [-0.05, 0) is 0 Å². The largest absolute Gasteiger partial charge is 0.354 e. The molecule has 0 spiro atoms. The molecule has 3 amide bonds. The Morgan fingerprint density at radius 1 is 1.47 bits per heavy atom. The summed E-state index contributed by atoms with van der Waals surface area (Å²) in [5.41, 5.74) is 0. The molecule has 1 rings (SSSR count). The van der Waals surface area contributed by atoms with Crippen molar-refractivity contribution in [2.24, 2.45) is 0 Å². The van der Waals surface area contributed by atoms with E-state index in [0.717, 1.165) is 0 Å². The third-order valence-electron chi connectivity index (χ3n) is 2.15. The standard InChI is InChI=1S/C9H15N3O3/c1-7(13)11-6-9(15)12-4-2-8(14)10-3-5-12/h2-6H2,1H3,(H,10,14)(H,11,13). The lowest BCUT2D eigenvalue weighted by molar-refractivity contribution is -0.132. The highest BCUT2D eigenvalue weighted by Crippen LogP contribution is 1.96. The maximum atomic E-state index is 11.5. The van der Waals surface area contributed by atoms with Crippen LogP contribution in [0, 0.1) is 0 Å². The van der Waals surface area contributed by atoms with Crippen molar-refractivity contribution in [3.63, 3.8) is 0 Å². The van der Waals surface area contributed by atoms with Gasteiger partial charge >= 0.3 is 0 Å². The van der Waals surface area contributed by atoms with Crippen molar-refractivity contribution in [2.75, 3.05) is 26.2 Å². The number of hydrogen-bond acceptors (Lipinski definition) is 3. The average molecular weight is 213 g/mol. The molecule has 0 unspecified atom stereocenters. The first-order chi connectivity index (χ1) is 7.09. The van der Waals surface area contributed by atoms with Crippen LogP contribution in [0.3, 0.4) is 0 Å². The molecule has 0 aromatic heterocycles. The molecular formula is C9H15N3O3. The fraction of sp³-hybridized carbons (Fsp3) is 0.667. The minimum absolute atomic E-state index is 0.00350. The van der Waals surface area contributed by atoms with Crippen LogP contribution in [-0.2, 0) is 14.4 Å². The summed E-state index contributed by atoms with van der Waals surface area (Å²) in [6.45, 7) is 2.77. The van der Waals surface area contributed by atoms with Crippen LogP contribution in [0.5, 0.6) is 0 Å². The fourth-order valence-corrected chi connectivity index (χ4v) is 1.33. The zero-order valence-electron chi connectivity index (χ0n) is 8.71. The van der Waals surface area contributed by atoms with Crippen LogP contribution in [-0.4, -0.2) is 48.8 Å². The Balaban J connectivity index is 2.38. The highest BCUT2D eigenvalue weighted by atomic mass is 16.2. The van der Waals surface area contributed by atoms with Crippen LogP contribution >= 0.6 is 0 Å². The molecule has 0 atom stereocenters. The molecule has 6 nitrogen and oxygen atoms in total. The van der Waals surface area contributed by atoms with Gasteiger partial charge in [0.2, 0.25) is 17.7 Å². The number of carbonyl (C=O) groups is 3. The highest BCUT2D eigenvalue weighted by molar-refractivity contribution is 5.84. The number of rotatable bonds is 2.